The number of pyridine rings is 2. The van der Waals surface area contributed by atoms with Gasteiger partial charge in [0, 0.05) is 66.5 Å². The van der Waals surface area contributed by atoms with Crippen LogP contribution in [0, 0.1) is 25.5 Å². The molecule has 2 atom stereocenters. The average molecular weight is 1070 g/mol. The van der Waals surface area contributed by atoms with Crippen LogP contribution in [0.25, 0.3) is 27.5 Å². The Labute approximate surface area is 413 Å². The number of nitrogens with one attached hydrogen (secondary N) is 3. The number of hydroxylamine groups is 2. The first kappa shape index (κ1) is 52.4. The van der Waals surface area contributed by atoms with E-state index < -0.39 is 47.2 Å². The largest absolute Gasteiger partial charge is 0.480 e. The molecule has 0 radical (unpaired) electrons. The van der Waals surface area contributed by atoms with Crippen molar-refractivity contribution < 1.29 is 54.3 Å². The van der Waals surface area contributed by atoms with Crippen LogP contribution in [-0.4, -0.2) is 77.7 Å². The van der Waals surface area contributed by atoms with Gasteiger partial charge in [0.2, 0.25) is 11.8 Å². The van der Waals surface area contributed by atoms with Crippen molar-refractivity contribution in [1.29, 1.82) is 0 Å². The third-order valence-corrected chi connectivity index (χ3v) is 11.7. The number of aromatic amines is 1. The lowest BCUT2D eigenvalue weighted by Crippen LogP contribution is -2.33. The lowest BCUT2D eigenvalue weighted by molar-refractivity contribution is -0.140. The smallest absolute Gasteiger partial charge is 0.419 e. The van der Waals surface area contributed by atoms with Gasteiger partial charge in [-0.15, -0.1) is 0 Å². The summed E-state index contributed by atoms with van der Waals surface area (Å²) in [5.41, 5.74) is 7.80. The summed E-state index contributed by atoms with van der Waals surface area (Å²) in [6, 6.07) is 9.05. The van der Waals surface area contributed by atoms with Crippen molar-refractivity contribution in [3.8, 4) is 17.4 Å². The van der Waals surface area contributed by atoms with Crippen LogP contribution in [0.5, 0.6) is 11.8 Å². The molecule has 8 heterocycles. The topological polar surface area (TPSA) is 168 Å². The number of H-pyrrole nitrogens is 1. The molecule has 2 aromatic carbocycles. The Hall–Kier alpha value is -7.38. The lowest BCUT2D eigenvalue weighted by Gasteiger charge is -2.22. The predicted molar refractivity (Wildman–Crippen MR) is 254 cm³/mol. The Balaban J connectivity index is 0.000000188. The first-order valence-electron chi connectivity index (χ1n) is 21.1. The van der Waals surface area contributed by atoms with Crippen LogP contribution in [-0.2, 0) is 36.1 Å². The summed E-state index contributed by atoms with van der Waals surface area (Å²) in [4.78, 5) is 39.8. The quantitative estimate of drug-likeness (QED) is 0.131. The molecule has 0 fully saturated rings. The van der Waals surface area contributed by atoms with Gasteiger partial charge in [-0.1, -0.05) is 7.43 Å². The number of aromatic nitrogens is 8. The summed E-state index contributed by atoms with van der Waals surface area (Å²) in [7, 11) is 6.22. The second-order valence-corrected chi connectivity index (χ2v) is 16.8. The monoisotopic (exact) mass is 1070 g/mol. The van der Waals surface area contributed by atoms with Crippen LogP contribution < -0.4 is 20.4 Å². The maximum absolute atomic E-state index is 14.1. The summed E-state index contributed by atoms with van der Waals surface area (Å²) >= 11 is 3.32. The van der Waals surface area contributed by atoms with Gasteiger partial charge in [-0.25, -0.2) is 39.7 Å². The van der Waals surface area contributed by atoms with E-state index in [4.69, 9.17) is 19.1 Å². The molecule has 8 aromatic rings. The zero-order chi connectivity index (χ0) is 50.9. The Morgan fingerprint density at radius 2 is 1.21 bits per heavy atom. The van der Waals surface area contributed by atoms with Gasteiger partial charge in [0.25, 0.3) is 0 Å². The summed E-state index contributed by atoms with van der Waals surface area (Å²) in [6.45, 7) is 3.97. The molecular weight excluding hydrogens is 1030 g/mol. The van der Waals surface area contributed by atoms with E-state index in [-0.39, 0.29) is 37.2 Å². The number of aryl methyl sites for hydroxylation is 4. The normalized spacial score (nSPS) is 15.8. The Bertz CT molecular complexity index is 3290. The van der Waals surface area contributed by atoms with E-state index in [2.05, 4.69) is 61.8 Å². The minimum Gasteiger partial charge on any atom is -0.480 e. The first-order valence-corrected chi connectivity index (χ1v) is 21.9. The fourth-order valence-corrected chi connectivity index (χ4v) is 8.08. The van der Waals surface area contributed by atoms with Crippen molar-refractivity contribution in [2.24, 2.45) is 24.1 Å². The van der Waals surface area contributed by atoms with E-state index in [0.29, 0.717) is 61.3 Å². The van der Waals surface area contributed by atoms with Crippen LogP contribution in [0.4, 0.5) is 35.1 Å². The van der Waals surface area contributed by atoms with Gasteiger partial charge in [0.15, 0.2) is 11.7 Å². The third kappa shape index (κ3) is 11.1. The molecule has 10 rings (SSSR count). The van der Waals surface area contributed by atoms with Crippen molar-refractivity contribution in [1.82, 2.24) is 49.6 Å². The zero-order valence-corrected chi connectivity index (χ0v) is 39.8. The zero-order valence-electron chi connectivity index (χ0n) is 38.2. The van der Waals surface area contributed by atoms with Crippen molar-refractivity contribution in [2.75, 3.05) is 27.4 Å². The molecule has 0 amide bonds. The molecule has 2 unspecified atom stereocenters. The average Bonchev–Trinajstić information content (AvgIpc) is 4.15. The number of aliphatic imine (C=N–C) groups is 2. The second kappa shape index (κ2) is 21.1. The molecular formula is C47H45BrF8N12O4. The Kier molecular flexibility index (Phi) is 15.4. The van der Waals surface area contributed by atoms with Crippen LogP contribution in [0.15, 0.2) is 100 Å². The third-order valence-electron chi connectivity index (χ3n) is 11.1. The van der Waals surface area contributed by atoms with Gasteiger partial charge in [0.1, 0.15) is 54.0 Å². The molecule has 72 heavy (non-hydrogen) atoms. The minimum atomic E-state index is -4.82. The Morgan fingerprint density at radius 3 is 1.62 bits per heavy atom. The van der Waals surface area contributed by atoms with Gasteiger partial charge < -0.3 is 28.2 Å². The van der Waals surface area contributed by atoms with Crippen molar-refractivity contribution in [2.45, 2.75) is 45.7 Å². The van der Waals surface area contributed by atoms with Gasteiger partial charge in [0.05, 0.1) is 59.2 Å². The highest BCUT2D eigenvalue weighted by Gasteiger charge is 2.37. The highest BCUT2D eigenvalue weighted by Crippen LogP contribution is 2.40. The number of alkyl halides is 6. The van der Waals surface area contributed by atoms with E-state index in [1.165, 1.54) is 14.2 Å². The van der Waals surface area contributed by atoms with E-state index in [1.807, 2.05) is 20.0 Å². The molecule has 3 N–H and O–H groups in total. The molecule has 0 aliphatic carbocycles. The molecule has 25 heteroatoms. The van der Waals surface area contributed by atoms with Gasteiger partial charge >= 0.3 is 12.4 Å². The fraction of sp³-hybridized carbons (Fsp3) is 0.277. The number of imidazole rings is 2. The number of hydrogen-bond acceptors (Lipinski definition) is 12. The summed E-state index contributed by atoms with van der Waals surface area (Å²) in [5.74, 6) is -1.40. The number of ether oxygens (including phenoxy) is 2. The number of fused-ring (bicyclic) bond motifs is 2. The highest BCUT2D eigenvalue weighted by atomic mass is 79.9. The molecule has 16 nitrogen and oxygen atoms in total. The van der Waals surface area contributed by atoms with Crippen LogP contribution in [0.2, 0.25) is 0 Å². The molecule has 2 aliphatic heterocycles. The highest BCUT2D eigenvalue weighted by molar-refractivity contribution is 9.10. The maximum atomic E-state index is 14.1. The maximum Gasteiger partial charge on any atom is 0.419 e. The first-order chi connectivity index (χ1) is 33.7. The number of benzene rings is 2. The summed E-state index contributed by atoms with van der Waals surface area (Å²) < 4.78 is 124. The van der Waals surface area contributed by atoms with Crippen LogP contribution in [0.3, 0.4) is 0 Å². The standard InChI is InChI=1S/C23H20F4N6O2.C19H15BrF4N4O2.C4H6N2.CH4/c1-12-8-33(11-28-12)19-5-4-17(30-22(19)34-3)21-29-18(10-35-31-21)14-9-32(2)20-7-16(24)15(6-13(14)20)23(25,26)27;1-28-7-10(9-5-11(19(22,23)24)13(21)6-16(9)28)15-8-30-27-17(25-15)14-4-3-12(20)18(26-14)29-2;1-4-2-5-3-6-4;/h4-9,11,18H,10H2,1-3H3,(H,29,31);3-7,15H,8H2,1-2H3,(H,25,27);2-3H,1H3,(H,5,6);1H4. The van der Waals surface area contributed by atoms with E-state index in [0.717, 1.165) is 35.7 Å². The van der Waals surface area contributed by atoms with Gasteiger partial charge in [-0.3, -0.25) is 19.7 Å². The minimum absolute atomic E-state index is 0. The number of rotatable bonds is 7. The van der Waals surface area contributed by atoms with Crippen LogP contribution in [0.1, 0.15) is 64.5 Å². The summed E-state index contributed by atoms with van der Waals surface area (Å²) in [6.07, 6.45) is 0.539. The lowest BCUT2D eigenvalue weighted by atomic mass is 10.0. The van der Waals surface area contributed by atoms with E-state index >= 15 is 0 Å². The molecule has 0 saturated carbocycles. The molecule has 0 spiro atoms. The molecule has 2 aliphatic rings. The Morgan fingerprint density at radius 1 is 0.708 bits per heavy atom. The number of hydrogen-bond donors (Lipinski definition) is 3. The van der Waals surface area contributed by atoms with Gasteiger partial charge in [-0.05, 0) is 78.3 Å². The van der Waals surface area contributed by atoms with E-state index in [9.17, 15) is 35.1 Å². The number of amidine groups is 2. The van der Waals surface area contributed by atoms with Crippen molar-refractivity contribution in [3.63, 3.8) is 0 Å². The van der Waals surface area contributed by atoms with Crippen molar-refractivity contribution in [3.05, 3.63) is 147 Å². The van der Waals surface area contributed by atoms with E-state index in [1.54, 1.807) is 83.3 Å². The van der Waals surface area contributed by atoms with Crippen LogP contribution >= 0.6 is 15.9 Å². The second-order valence-electron chi connectivity index (χ2n) is 16.0. The molecule has 0 bridgehead atoms. The van der Waals surface area contributed by atoms with Crippen molar-refractivity contribution >= 4 is 49.4 Å². The molecule has 0 saturated heterocycles. The number of nitrogens with zero attached hydrogens (tertiary/aromatic N) is 9. The predicted octanol–water partition coefficient (Wildman–Crippen LogP) is 10.1. The summed E-state index contributed by atoms with van der Waals surface area (Å²) in [5, 5.41) is 0.502. The van der Waals surface area contributed by atoms with Gasteiger partial charge in [-0.2, -0.15) is 26.3 Å². The fourth-order valence-electron chi connectivity index (χ4n) is 7.69. The molecule has 380 valence electrons. The number of methoxy groups -OCH3 is 2. The molecule has 6 aromatic heterocycles. The SMILES string of the molecule is C.COc1nc(C2=NC(c3cn(C)c4cc(F)c(C(F)(F)F)cc34)CON2)ccc1-n1cnc(C)c1.COc1nc(C2=NC(c3cn(C)c4cc(F)c(C(F)(F)F)cc34)CON2)ccc1Br.Cc1cnc[nH]1. The number of halogens is 9.